The SMILES string of the molecule is O=C(N1CCc2[nH]c(=O)cnc2C1)C(F)(F)F. The van der Waals surface area contributed by atoms with E-state index in [-0.39, 0.29) is 19.5 Å². The number of carbonyl (C=O) groups is 1. The number of halogens is 3. The van der Waals surface area contributed by atoms with E-state index in [4.69, 9.17) is 0 Å². The summed E-state index contributed by atoms with van der Waals surface area (Å²) in [5.41, 5.74) is 0.386. The number of aromatic nitrogens is 2. The lowest BCUT2D eigenvalue weighted by Crippen LogP contribution is -2.44. The maximum atomic E-state index is 12.2. The van der Waals surface area contributed by atoms with Crippen LogP contribution in [0.15, 0.2) is 11.0 Å². The molecule has 0 saturated carbocycles. The highest BCUT2D eigenvalue weighted by Crippen LogP contribution is 2.22. The van der Waals surface area contributed by atoms with Gasteiger partial charge in [0.25, 0.3) is 5.56 Å². The van der Waals surface area contributed by atoms with Crippen molar-refractivity contribution in [1.29, 1.82) is 0 Å². The fourth-order valence-electron chi connectivity index (χ4n) is 1.67. The van der Waals surface area contributed by atoms with E-state index in [0.717, 1.165) is 6.20 Å². The van der Waals surface area contributed by atoms with Crippen LogP contribution in [0.3, 0.4) is 0 Å². The van der Waals surface area contributed by atoms with Gasteiger partial charge in [-0.05, 0) is 0 Å². The Kier molecular flexibility index (Phi) is 2.64. The van der Waals surface area contributed by atoms with E-state index in [9.17, 15) is 22.8 Å². The van der Waals surface area contributed by atoms with E-state index in [1.165, 1.54) is 0 Å². The number of alkyl halides is 3. The van der Waals surface area contributed by atoms with Gasteiger partial charge in [-0.25, -0.2) is 0 Å². The Morgan fingerprint density at radius 1 is 1.47 bits per heavy atom. The first-order valence-corrected chi connectivity index (χ1v) is 4.81. The second-order valence-electron chi connectivity index (χ2n) is 3.65. The Labute approximate surface area is 93.3 Å². The fraction of sp³-hybridized carbons (Fsp3) is 0.444. The molecule has 1 aromatic heterocycles. The van der Waals surface area contributed by atoms with Crippen LogP contribution in [0.2, 0.25) is 0 Å². The standard InChI is InChI=1S/C9H8F3N3O2/c10-9(11,12)8(17)15-2-1-5-6(4-15)13-3-7(16)14-5/h3H,1-2,4H2,(H,14,16). The molecule has 0 fully saturated rings. The second kappa shape index (κ2) is 3.86. The van der Waals surface area contributed by atoms with Crippen LogP contribution in [0, 0.1) is 0 Å². The molecule has 2 rings (SSSR count). The summed E-state index contributed by atoms with van der Waals surface area (Å²) in [6, 6.07) is 0. The third-order valence-corrected chi connectivity index (χ3v) is 2.46. The van der Waals surface area contributed by atoms with Gasteiger partial charge >= 0.3 is 12.1 Å². The number of fused-ring (bicyclic) bond motifs is 1. The molecule has 5 nitrogen and oxygen atoms in total. The average molecular weight is 247 g/mol. The molecular weight excluding hydrogens is 239 g/mol. The van der Waals surface area contributed by atoms with Crippen LogP contribution in [0.5, 0.6) is 0 Å². The molecule has 1 aromatic rings. The third kappa shape index (κ3) is 2.29. The van der Waals surface area contributed by atoms with Gasteiger partial charge in [-0.3, -0.25) is 14.6 Å². The van der Waals surface area contributed by atoms with Crippen LogP contribution in [-0.4, -0.2) is 33.5 Å². The van der Waals surface area contributed by atoms with E-state index in [1.807, 2.05) is 0 Å². The van der Waals surface area contributed by atoms with E-state index in [2.05, 4.69) is 9.97 Å². The van der Waals surface area contributed by atoms with Crippen LogP contribution < -0.4 is 5.56 Å². The smallest absolute Gasteiger partial charge is 0.329 e. The molecule has 0 atom stereocenters. The maximum absolute atomic E-state index is 12.2. The van der Waals surface area contributed by atoms with Gasteiger partial charge in [-0.15, -0.1) is 0 Å². The summed E-state index contributed by atoms with van der Waals surface area (Å²) in [5, 5.41) is 0. The molecule has 17 heavy (non-hydrogen) atoms. The Hall–Kier alpha value is -1.86. The van der Waals surface area contributed by atoms with Gasteiger partial charge < -0.3 is 9.88 Å². The van der Waals surface area contributed by atoms with Crippen LogP contribution in [-0.2, 0) is 17.8 Å². The summed E-state index contributed by atoms with van der Waals surface area (Å²) in [6.45, 7) is -0.308. The molecule has 1 aliphatic rings. The number of aromatic amines is 1. The summed E-state index contributed by atoms with van der Waals surface area (Å²) in [6.07, 6.45) is -3.72. The van der Waals surface area contributed by atoms with Crippen LogP contribution in [0.25, 0.3) is 0 Å². The molecular formula is C9H8F3N3O2. The van der Waals surface area contributed by atoms with Gasteiger partial charge in [0.2, 0.25) is 0 Å². The number of nitrogens with zero attached hydrogens (tertiary/aromatic N) is 2. The molecule has 0 aliphatic carbocycles. The first-order valence-electron chi connectivity index (χ1n) is 4.81. The summed E-state index contributed by atoms with van der Waals surface area (Å²) in [7, 11) is 0. The molecule has 0 unspecified atom stereocenters. The summed E-state index contributed by atoms with van der Waals surface area (Å²) >= 11 is 0. The Morgan fingerprint density at radius 3 is 2.82 bits per heavy atom. The van der Waals surface area contributed by atoms with Crippen molar-refractivity contribution >= 4 is 5.91 Å². The topological polar surface area (TPSA) is 66.1 Å². The molecule has 0 bridgehead atoms. The lowest BCUT2D eigenvalue weighted by Gasteiger charge is -2.28. The molecule has 0 aromatic carbocycles. The predicted molar refractivity (Wildman–Crippen MR) is 50.0 cm³/mol. The quantitative estimate of drug-likeness (QED) is 0.713. The van der Waals surface area contributed by atoms with Gasteiger partial charge in [-0.1, -0.05) is 0 Å². The van der Waals surface area contributed by atoms with Crippen molar-refractivity contribution < 1.29 is 18.0 Å². The summed E-state index contributed by atoms with van der Waals surface area (Å²) < 4.78 is 36.6. The zero-order valence-corrected chi connectivity index (χ0v) is 8.54. The summed E-state index contributed by atoms with van der Waals surface area (Å²) in [4.78, 5) is 28.8. The number of hydrogen-bond acceptors (Lipinski definition) is 3. The number of H-pyrrole nitrogens is 1. The van der Waals surface area contributed by atoms with Crippen molar-refractivity contribution in [1.82, 2.24) is 14.9 Å². The highest BCUT2D eigenvalue weighted by molar-refractivity contribution is 5.82. The van der Waals surface area contributed by atoms with Crippen molar-refractivity contribution in [2.75, 3.05) is 6.54 Å². The second-order valence-corrected chi connectivity index (χ2v) is 3.65. The molecule has 8 heteroatoms. The number of rotatable bonds is 0. The lowest BCUT2D eigenvalue weighted by molar-refractivity contribution is -0.186. The molecule has 0 radical (unpaired) electrons. The Morgan fingerprint density at radius 2 is 2.18 bits per heavy atom. The Bertz CT molecular complexity index is 509. The van der Waals surface area contributed by atoms with Gasteiger partial charge in [0, 0.05) is 18.7 Å². The van der Waals surface area contributed by atoms with Crippen molar-refractivity contribution in [2.24, 2.45) is 0 Å². The maximum Gasteiger partial charge on any atom is 0.471 e. The average Bonchev–Trinajstić information content (AvgIpc) is 2.26. The van der Waals surface area contributed by atoms with Crippen molar-refractivity contribution in [3.05, 3.63) is 27.9 Å². The highest BCUT2D eigenvalue weighted by atomic mass is 19.4. The molecule has 1 amide bonds. The molecule has 0 saturated heterocycles. The van der Waals surface area contributed by atoms with Gasteiger partial charge in [0.05, 0.1) is 18.4 Å². The number of nitrogens with one attached hydrogen (secondary N) is 1. The minimum Gasteiger partial charge on any atom is -0.329 e. The predicted octanol–water partition coefficient (Wildman–Crippen LogP) is 0.217. The lowest BCUT2D eigenvalue weighted by atomic mass is 10.1. The van der Waals surface area contributed by atoms with Gasteiger partial charge in [0.15, 0.2) is 0 Å². The van der Waals surface area contributed by atoms with Gasteiger partial charge in [-0.2, -0.15) is 13.2 Å². The summed E-state index contributed by atoms with van der Waals surface area (Å²) in [5.74, 6) is -1.88. The normalized spacial score (nSPS) is 15.6. The number of carbonyl (C=O) groups excluding carboxylic acids is 1. The van der Waals surface area contributed by atoms with E-state index < -0.39 is 17.6 Å². The van der Waals surface area contributed by atoms with Crippen LogP contribution in [0.1, 0.15) is 11.4 Å². The zero-order valence-electron chi connectivity index (χ0n) is 8.54. The van der Waals surface area contributed by atoms with E-state index >= 15 is 0 Å². The molecule has 0 spiro atoms. The van der Waals surface area contributed by atoms with Gasteiger partial charge in [0.1, 0.15) is 0 Å². The zero-order chi connectivity index (χ0) is 12.6. The highest BCUT2D eigenvalue weighted by Gasteiger charge is 2.43. The minimum absolute atomic E-state index is 0.0764. The van der Waals surface area contributed by atoms with Crippen LogP contribution in [0.4, 0.5) is 13.2 Å². The van der Waals surface area contributed by atoms with Crippen molar-refractivity contribution in [2.45, 2.75) is 19.1 Å². The molecule has 92 valence electrons. The van der Waals surface area contributed by atoms with E-state index in [1.54, 1.807) is 0 Å². The van der Waals surface area contributed by atoms with Crippen LogP contribution >= 0.6 is 0 Å². The fourth-order valence-corrected chi connectivity index (χ4v) is 1.67. The number of amides is 1. The first kappa shape index (κ1) is 11.6. The van der Waals surface area contributed by atoms with Crippen molar-refractivity contribution in [3.63, 3.8) is 0 Å². The third-order valence-electron chi connectivity index (χ3n) is 2.46. The van der Waals surface area contributed by atoms with Crippen molar-refractivity contribution in [3.8, 4) is 0 Å². The monoisotopic (exact) mass is 247 g/mol. The number of hydrogen-bond donors (Lipinski definition) is 1. The molecule has 2 heterocycles. The Balaban J connectivity index is 2.22. The molecule has 1 N–H and O–H groups in total. The first-order chi connectivity index (χ1) is 7.88. The molecule has 1 aliphatic heterocycles. The minimum atomic E-state index is -4.88. The van der Waals surface area contributed by atoms with E-state index in [0.29, 0.717) is 16.3 Å². The largest absolute Gasteiger partial charge is 0.471 e.